The van der Waals surface area contributed by atoms with Crippen LogP contribution in [0.3, 0.4) is 0 Å². The number of rotatable bonds is 3. The Balaban J connectivity index is 2.25. The molecule has 2 rings (SSSR count). The second kappa shape index (κ2) is 5.85. The van der Waals surface area contributed by atoms with E-state index in [9.17, 15) is 9.50 Å². The van der Waals surface area contributed by atoms with Gasteiger partial charge in [0.25, 0.3) is 0 Å². The summed E-state index contributed by atoms with van der Waals surface area (Å²) in [4.78, 5) is 0. The topological polar surface area (TPSA) is 20.2 Å². The zero-order chi connectivity index (χ0) is 14.0. The highest BCUT2D eigenvalue weighted by Crippen LogP contribution is 2.26. The Hall–Kier alpha value is -1.19. The van der Waals surface area contributed by atoms with E-state index in [0.29, 0.717) is 16.5 Å². The fraction of sp³-hybridized carbons (Fsp3) is 0.250. The third-order valence-corrected chi connectivity index (χ3v) is 3.66. The van der Waals surface area contributed by atoms with Crippen molar-refractivity contribution in [2.75, 3.05) is 0 Å². The molecule has 0 amide bonds. The predicted molar refractivity (Wildman–Crippen MR) is 78.7 cm³/mol. The van der Waals surface area contributed by atoms with Gasteiger partial charge in [-0.1, -0.05) is 41.5 Å². The molecular formula is C16H16BrFO. The zero-order valence-corrected chi connectivity index (χ0v) is 12.5. The summed E-state index contributed by atoms with van der Waals surface area (Å²) in [6, 6.07) is 11.1. The van der Waals surface area contributed by atoms with E-state index in [4.69, 9.17) is 0 Å². The zero-order valence-electron chi connectivity index (χ0n) is 11.0. The second-order valence-electron chi connectivity index (χ2n) is 4.86. The average molecular weight is 323 g/mol. The Morgan fingerprint density at radius 2 is 1.79 bits per heavy atom. The third-order valence-electron chi connectivity index (χ3n) is 3.05. The number of halogens is 2. The van der Waals surface area contributed by atoms with Gasteiger partial charge in [-0.2, -0.15) is 0 Å². The van der Waals surface area contributed by atoms with Crippen molar-refractivity contribution in [3.8, 4) is 0 Å². The molecule has 0 aliphatic heterocycles. The summed E-state index contributed by atoms with van der Waals surface area (Å²) in [5, 5.41) is 10.2. The molecule has 19 heavy (non-hydrogen) atoms. The summed E-state index contributed by atoms with van der Waals surface area (Å²) >= 11 is 3.14. The standard InChI is InChI=1S/C16H16BrFO/c1-10-6-11(2)8-12(7-10)9-15(19)13-4-3-5-14(17)16(13)18/h3-8,15,19H,9H2,1-2H3. The van der Waals surface area contributed by atoms with Crippen LogP contribution in [-0.4, -0.2) is 5.11 Å². The summed E-state index contributed by atoms with van der Waals surface area (Å²) in [5.74, 6) is -0.389. The van der Waals surface area contributed by atoms with Crippen LogP contribution in [0.4, 0.5) is 4.39 Å². The summed E-state index contributed by atoms with van der Waals surface area (Å²) < 4.78 is 14.3. The number of hydrogen-bond acceptors (Lipinski definition) is 1. The van der Waals surface area contributed by atoms with Crippen molar-refractivity contribution in [1.29, 1.82) is 0 Å². The Kier molecular flexibility index (Phi) is 4.38. The van der Waals surface area contributed by atoms with E-state index in [0.717, 1.165) is 16.7 Å². The molecule has 1 nitrogen and oxygen atoms in total. The van der Waals surface area contributed by atoms with Gasteiger partial charge in [0.2, 0.25) is 0 Å². The van der Waals surface area contributed by atoms with Gasteiger partial charge in [-0.15, -0.1) is 0 Å². The molecule has 0 saturated carbocycles. The molecule has 2 aromatic carbocycles. The molecule has 0 spiro atoms. The van der Waals surface area contributed by atoms with E-state index in [-0.39, 0.29) is 5.82 Å². The summed E-state index contributed by atoms with van der Waals surface area (Å²) in [6.45, 7) is 4.03. The van der Waals surface area contributed by atoms with Gasteiger partial charge >= 0.3 is 0 Å². The fourth-order valence-electron chi connectivity index (χ4n) is 2.30. The Morgan fingerprint density at radius 3 is 2.42 bits per heavy atom. The van der Waals surface area contributed by atoms with Crippen LogP contribution >= 0.6 is 15.9 Å². The monoisotopic (exact) mass is 322 g/mol. The van der Waals surface area contributed by atoms with Crippen molar-refractivity contribution < 1.29 is 9.50 Å². The van der Waals surface area contributed by atoms with Crippen LogP contribution in [0, 0.1) is 19.7 Å². The first-order valence-electron chi connectivity index (χ1n) is 6.16. The molecule has 1 unspecified atom stereocenters. The van der Waals surface area contributed by atoms with Gasteiger partial charge in [-0.05, 0) is 41.4 Å². The van der Waals surface area contributed by atoms with E-state index in [1.54, 1.807) is 18.2 Å². The molecule has 0 aromatic heterocycles. The van der Waals surface area contributed by atoms with Gasteiger partial charge in [-0.3, -0.25) is 0 Å². The van der Waals surface area contributed by atoms with Crippen LogP contribution in [0.1, 0.15) is 28.4 Å². The maximum atomic E-state index is 13.9. The number of hydrogen-bond donors (Lipinski definition) is 1. The molecular weight excluding hydrogens is 307 g/mol. The molecule has 100 valence electrons. The number of aliphatic hydroxyl groups excluding tert-OH is 1. The largest absolute Gasteiger partial charge is 0.388 e. The second-order valence-corrected chi connectivity index (χ2v) is 5.71. The van der Waals surface area contributed by atoms with Crippen LogP contribution in [0.15, 0.2) is 40.9 Å². The minimum absolute atomic E-state index is 0.327. The first kappa shape index (κ1) is 14.2. The van der Waals surface area contributed by atoms with Crippen LogP contribution < -0.4 is 0 Å². The number of benzene rings is 2. The molecule has 0 fully saturated rings. The Morgan fingerprint density at radius 1 is 1.16 bits per heavy atom. The lowest BCUT2D eigenvalue weighted by atomic mass is 9.98. The maximum absolute atomic E-state index is 13.9. The SMILES string of the molecule is Cc1cc(C)cc(CC(O)c2cccc(Br)c2F)c1. The molecule has 3 heteroatoms. The van der Waals surface area contributed by atoms with Gasteiger partial charge in [0.05, 0.1) is 10.6 Å². The van der Waals surface area contributed by atoms with Crippen LogP contribution in [0.5, 0.6) is 0 Å². The summed E-state index contributed by atoms with van der Waals surface area (Å²) in [7, 11) is 0. The van der Waals surface area contributed by atoms with Crippen LogP contribution in [0.25, 0.3) is 0 Å². The highest BCUT2D eigenvalue weighted by Gasteiger charge is 2.15. The molecule has 0 heterocycles. The summed E-state index contributed by atoms with van der Waals surface area (Å²) in [5.41, 5.74) is 3.65. The van der Waals surface area contributed by atoms with E-state index >= 15 is 0 Å². The Labute approximate surface area is 121 Å². The van der Waals surface area contributed by atoms with Crippen molar-refractivity contribution >= 4 is 15.9 Å². The molecule has 2 aromatic rings. The molecule has 0 radical (unpaired) electrons. The van der Waals surface area contributed by atoms with Crippen LogP contribution in [0.2, 0.25) is 0 Å². The highest BCUT2D eigenvalue weighted by molar-refractivity contribution is 9.10. The van der Waals surface area contributed by atoms with Crippen molar-refractivity contribution in [2.24, 2.45) is 0 Å². The molecule has 1 N–H and O–H groups in total. The molecule has 0 aliphatic rings. The third kappa shape index (κ3) is 3.43. The number of aryl methyl sites for hydroxylation is 2. The van der Waals surface area contributed by atoms with E-state index in [1.165, 1.54) is 0 Å². The van der Waals surface area contributed by atoms with E-state index < -0.39 is 6.10 Å². The Bertz CT molecular complexity index is 575. The molecule has 0 saturated heterocycles. The fourth-order valence-corrected chi connectivity index (χ4v) is 2.68. The first-order chi connectivity index (χ1) is 8.97. The van der Waals surface area contributed by atoms with Crippen molar-refractivity contribution in [1.82, 2.24) is 0 Å². The van der Waals surface area contributed by atoms with Crippen LogP contribution in [-0.2, 0) is 6.42 Å². The smallest absolute Gasteiger partial charge is 0.143 e. The lowest BCUT2D eigenvalue weighted by Gasteiger charge is -2.13. The molecule has 0 aliphatic carbocycles. The van der Waals surface area contributed by atoms with Gasteiger partial charge < -0.3 is 5.11 Å². The molecule has 0 bridgehead atoms. The summed E-state index contributed by atoms with van der Waals surface area (Å²) in [6.07, 6.45) is -0.422. The minimum Gasteiger partial charge on any atom is -0.388 e. The van der Waals surface area contributed by atoms with E-state index in [2.05, 4.69) is 22.0 Å². The lowest BCUT2D eigenvalue weighted by molar-refractivity contribution is 0.173. The predicted octanol–water partition coefficient (Wildman–Crippen LogP) is 4.48. The number of aliphatic hydroxyl groups is 1. The van der Waals surface area contributed by atoms with Crippen molar-refractivity contribution in [3.05, 3.63) is 68.9 Å². The maximum Gasteiger partial charge on any atom is 0.143 e. The molecule has 1 atom stereocenters. The normalized spacial score (nSPS) is 12.5. The van der Waals surface area contributed by atoms with Gasteiger partial charge in [-0.25, -0.2) is 4.39 Å². The van der Waals surface area contributed by atoms with E-state index in [1.807, 2.05) is 26.0 Å². The first-order valence-corrected chi connectivity index (χ1v) is 6.96. The van der Waals surface area contributed by atoms with Crippen molar-refractivity contribution in [3.63, 3.8) is 0 Å². The van der Waals surface area contributed by atoms with Gasteiger partial charge in [0.15, 0.2) is 0 Å². The van der Waals surface area contributed by atoms with Crippen molar-refractivity contribution in [2.45, 2.75) is 26.4 Å². The highest BCUT2D eigenvalue weighted by atomic mass is 79.9. The lowest BCUT2D eigenvalue weighted by Crippen LogP contribution is -2.05. The van der Waals surface area contributed by atoms with Gasteiger partial charge in [0.1, 0.15) is 5.82 Å². The quantitative estimate of drug-likeness (QED) is 0.883. The minimum atomic E-state index is -0.835. The average Bonchev–Trinajstić information content (AvgIpc) is 2.31. The van der Waals surface area contributed by atoms with Gasteiger partial charge in [0, 0.05) is 12.0 Å².